The lowest BCUT2D eigenvalue weighted by Gasteiger charge is -2.36. The van der Waals surface area contributed by atoms with Gasteiger partial charge in [-0.25, -0.2) is 0 Å². The monoisotopic (exact) mass is 260 g/mol. The quantitative estimate of drug-likeness (QED) is 0.804. The summed E-state index contributed by atoms with van der Waals surface area (Å²) in [4.78, 5) is 16.6. The molecule has 2 fully saturated rings. The Kier molecular flexibility index (Phi) is 3.62. The number of piperazine rings is 1. The Morgan fingerprint density at radius 1 is 1.16 bits per heavy atom. The summed E-state index contributed by atoms with van der Waals surface area (Å²) in [6.07, 6.45) is 6.29. The van der Waals surface area contributed by atoms with E-state index in [1.54, 1.807) is 6.20 Å². The molecule has 1 amide bonds. The van der Waals surface area contributed by atoms with Crippen molar-refractivity contribution in [3.05, 3.63) is 18.3 Å². The van der Waals surface area contributed by atoms with Gasteiger partial charge >= 0.3 is 0 Å². The minimum atomic E-state index is 0.295. The minimum Gasteiger partial charge on any atom is -0.352 e. The summed E-state index contributed by atoms with van der Waals surface area (Å²) >= 11 is 0. The van der Waals surface area contributed by atoms with Crippen LogP contribution >= 0.6 is 0 Å². The topological polar surface area (TPSA) is 49.3 Å². The fourth-order valence-electron chi connectivity index (χ4n) is 3.05. The van der Waals surface area contributed by atoms with E-state index in [9.17, 15) is 4.79 Å². The molecule has 2 aliphatic rings. The maximum absolute atomic E-state index is 12.3. The smallest absolute Gasteiger partial charge is 0.225 e. The maximum Gasteiger partial charge on any atom is 0.225 e. The highest BCUT2D eigenvalue weighted by Gasteiger charge is 2.29. The molecule has 1 aromatic heterocycles. The van der Waals surface area contributed by atoms with Gasteiger partial charge in [0.15, 0.2) is 5.82 Å². The van der Waals surface area contributed by atoms with Crippen LogP contribution in [0.1, 0.15) is 25.7 Å². The zero-order valence-corrected chi connectivity index (χ0v) is 11.2. The Bertz CT molecular complexity index is 422. The number of anilines is 1. The number of hydrogen-bond donors (Lipinski definition) is 0. The van der Waals surface area contributed by atoms with Gasteiger partial charge in [0, 0.05) is 38.3 Å². The fourth-order valence-corrected chi connectivity index (χ4v) is 3.05. The minimum absolute atomic E-state index is 0.295. The fraction of sp³-hybridized carbons (Fsp3) is 0.643. The van der Waals surface area contributed by atoms with Gasteiger partial charge in [-0.2, -0.15) is 5.10 Å². The highest BCUT2D eigenvalue weighted by molar-refractivity contribution is 5.79. The average Bonchev–Trinajstić information content (AvgIpc) is 3.02. The molecule has 1 aliphatic carbocycles. The van der Waals surface area contributed by atoms with E-state index in [1.807, 2.05) is 17.0 Å². The summed E-state index contributed by atoms with van der Waals surface area (Å²) in [6, 6.07) is 3.87. The van der Waals surface area contributed by atoms with Gasteiger partial charge in [-0.15, -0.1) is 5.10 Å². The molecule has 5 heteroatoms. The van der Waals surface area contributed by atoms with Crippen LogP contribution in [0.15, 0.2) is 18.3 Å². The third-order valence-corrected chi connectivity index (χ3v) is 4.18. The molecule has 0 bridgehead atoms. The summed E-state index contributed by atoms with van der Waals surface area (Å²) in [5, 5.41) is 8.03. The zero-order valence-electron chi connectivity index (χ0n) is 11.2. The Hall–Kier alpha value is -1.65. The van der Waals surface area contributed by atoms with E-state index in [1.165, 1.54) is 12.8 Å². The summed E-state index contributed by atoms with van der Waals surface area (Å²) < 4.78 is 0. The third kappa shape index (κ3) is 2.69. The summed E-state index contributed by atoms with van der Waals surface area (Å²) in [7, 11) is 0. The number of amides is 1. The van der Waals surface area contributed by atoms with Gasteiger partial charge in [-0.1, -0.05) is 12.8 Å². The molecule has 0 aromatic carbocycles. The van der Waals surface area contributed by atoms with Gasteiger partial charge in [0.1, 0.15) is 0 Å². The van der Waals surface area contributed by atoms with Crippen LogP contribution in [0.5, 0.6) is 0 Å². The van der Waals surface area contributed by atoms with Crippen molar-refractivity contribution < 1.29 is 4.79 Å². The van der Waals surface area contributed by atoms with Gasteiger partial charge in [0.2, 0.25) is 5.91 Å². The molecule has 2 heterocycles. The van der Waals surface area contributed by atoms with E-state index < -0.39 is 0 Å². The standard InChI is InChI=1S/C14H20N4O/c19-14(12-4-1-2-5-12)18-10-8-17(9-11-18)13-6-3-7-15-16-13/h3,6-7,12H,1-2,4-5,8-11H2. The number of hydrogen-bond acceptors (Lipinski definition) is 4. The molecule has 1 saturated carbocycles. The lowest BCUT2D eigenvalue weighted by molar-refractivity contribution is -0.135. The molecule has 1 aliphatic heterocycles. The molecule has 1 saturated heterocycles. The van der Waals surface area contributed by atoms with Crippen molar-refractivity contribution >= 4 is 11.7 Å². The van der Waals surface area contributed by atoms with Crippen molar-refractivity contribution in [2.75, 3.05) is 31.1 Å². The van der Waals surface area contributed by atoms with Crippen molar-refractivity contribution in [2.45, 2.75) is 25.7 Å². The number of aromatic nitrogens is 2. The molecule has 1 aromatic rings. The van der Waals surface area contributed by atoms with E-state index >= 15 is 0 Å². The summed E-state index contributed by atoms with van der Waals surface area (Å²) in [6.45, 7) is 3.34. The number of carbonyl (C=O) groups excluding carboxylic acids is 1. The first kappa shape index (κ1) is 12.4. The Morgan fingerprint density at radius 2 is 1.89 bits per heavy atom. The number of carbonyl (C=O) groups is 1. The van der Waals surface area contributed by atoms with Gasteiger partial charge in [0.05, 0.1) is 0 Å². The normalized spacial score (nSPS) is 20.8. The molecule has 0 unspecified atom stereocenters. The van der Waals surface area contributed by atoms with Gasteiger partial charge in [-0.05, 0) is 25.0 Å². The van der Waals surface area contributed by atoms with Gasteiger partial charge < -0.3 is 9.80 Å². The third-order valence-electron chi connectivity index (χ3n) is 4.18. The first-order chi connectivity index (χ1) is 9.34. The second kappa shape index (κ2) is 5.55. The Balaban J connectivity index is 1.56. The first-order valence-electron chi connectivity index (χ1n) is 7.16. The molecular formula is C14H20N4O. The van der Waals surface area contributed by atoms with Crippen molar-refractivity contribution in [2.24, 2.45) is 5.92 Å². The predicted octanol–water partition coefficient (Wildman–Crippen LogP) is 1.32. The largest absolute Gasteiger partial charge is 0.352 e. The first-order valence-corrected chi connectivity index (χ1v) is 7.16. The molecule has 3 rings (SSSR count). The molecule has 102 valence electrons. The van der Waals surface area contributed by atoms with E-state index in [4.69, 9.17) is 0 Å². The highest BCUT2D eigenvalue weighted by atomic mass is 16.2. The van der Waals surface area contributed by atoms with Crippen LogP contribution in [0.4, 0.5) is 5.82 Å². The summed E-state index contributed by atoms with van der Waals surface area (Å²) in [5.41, 5.74) is 0. The Labute approximate surface area is 113 Å². The van der Waals surface area contributed by atoms with Crippen molar-refractivity contribution in [1.29, 1.82) is 0 Å². The zero-order chi connectivity index (χ0) is 13.1. The lowest BCUT2D eigenvalue weighted by atomic mass is 10.1. The van der Waals surface area contributed by atoms with E-state index in [-0.39, 0.29) is 0 Å². The van der Waals surface area contributed by atoms with E-state index in [0.717, 1.165) is 44.8 Å². The van der Waals surface area contributed by atoms with Crippen molar-refractivity contribution in [1.82, 2.24) is 15.1 Å². The maximum atomic E-state index is 12.3. The SMILES string of the molecule is O=C(C1CCCC1)N1CCN(c2cccnn2)CC1. The molecule has 0 radical (unpaired) electrons. The van der Waals surface area contributed by atoms with Gasteiger partial charge in [-0.3, -0.25) is 4.79 Å². The molecule has 0 N–H and O–H groups in total. The van der Waals surface area contributed by atoms with Crippen molar-refractivity contribution in [3.8, 4) is 0 Å². The van der Waals surface area contributed by atoms with Crippen LogP contribution in [-0.2, 0) is 4.79 Å². The van der Waals surface area contributed by atoms with Crippen LogP contribution in [0.3, 0.4) is 0 Å². The second-order valence-corrected chi connectivity index (χ2v) is 5.38. The highest BCUT2D eigenvalue weighted by Crippen LogP contribution is 2.27. The molecule has 5 nitrogen and oxygen atoms in total. The Morgan fingerprint density at radius 3 is 2.53 bits per heavy atom. The van der Waals surface area contributed by atoms with Gasteiger partial charge in [0.25, 0.3) is 0 Å². The van der Waals surface area contributed by atoms with Crippen LogP contribution < -0.4 is 4.90 Å². The lowest BCUT2D eigenvalue weighted by Crippen LogP contribution is -2.50. The molecule has 19 heavy (non-hydrogen) atoms. The molecule has 0 spiro atoms. The second-order valence-electron chi connectivity index (χ2n) is 5.38. The van der Waals surface area contributed by atoms with Crippen molar-refractivity contribution in [3.63, 3.8) is 0 Å². The molecular weight excluding hydrogens is 240 g/mol. The van der Waals surface area contributed by atoms with E-state index in [0.29, 0.717) is 11.8 Å². The van der Waals surface area contributed by atoms with Crippen LogP contribution in [0.25, 0.3) is 0 Å². The number of nitrogens with zero attached hydrogens (tertiary/aromatic N) is 4. The average molecular weight is 260 g/mol. The van der Waals surface area contributed by atoms with E-state index in [2.05, 4.69) is 15.1 Å². The predicted molar refractivity (Wildman–Crippen MR) is 72.8 cm³/mol. The summed E-state index contributed by atoms with van der Waals surface area (Å²) in [5.74, 6) is 1.58. The molecule has 0 atom stereocenters. The van der Waals surface area contributed by atoms with Crippen LogP contribution in [0, 0.1) is 5.92 Å². The number of rotatable bonds is 2. The van der Waals surface area contributed by atoms with Crippen LogP contribution in [0.2, 0.25) is 0 Å². The van der Waals surface area contributed by atoms with Crippen LogP contribution in [-0.4, -0.2) is 47.2 Å².